The van der Waals surface area contributed by atoms with Crippen molar-refractivity contribution in [2.24, 2.45) is 0 Å². The second-order valence-electron chi connectivity index (χ2n) is 5.27. The number of aromatic nitrogens is 1. The van der Waals surface area contributed by atoms with Crippen molar-refractivity contribution in [3.8, 4) is 0 Å². The van der Waals surface area contributed by atoms with Crippen LogP contribution in [0.15, 0.2) is 46.2 Å². The Bertz CT molecular complexity index is 832. The van der Waals surface area contributed by atoms with Crippen LogP contribution >= 0.6 is 11.3 Å². The molecule has 0 aliphatic carbocycles. The highest BCUT2D eigenvalue weighted by atomic mass is 32.2. The maximum Gasteiger partial charge on any atom is 0.211 e. The molecule has 1 N–H and O–H groups in total. The van der Waals surface area contributed by atoms with Crippen LogP contribution in [0.3, 0.4) is 0 Å². The molecule has 1 unspecified atom stereocenters. The molecular weight excluding hydrogens is 368 g/mol. The van der Waals surface area contributed by atoms with Gasteiger partial charge in [0.2, 0.25) is 10.0 Å². The first kappa shape index (κ1) is 19.0. The number of sulfonamides is 1. The lowest BCUT2D eigenvalue weighted by atomic mass is 10.2. The van der Waals surface area contributed by atoms with Gasteiger partial charge in [-0.3, -0.25) is 4.98 Å². The average Bonchev–Trinajstić information content (AvgIpc) is 3.09. The lowest BCUT2D eigenvalue weighted by Crippen LogP contribution is -2.33. The number of nitrogens with zero attached hydrogens (tertiary/aromatic N) is 1. The van der Waals surface area contributed by atoms with E-state index in [1.54, 1.807) is 29.8 Å². The second kappa shape index (κ2) is 8.19. The molecule has 0 aliphatic rings. The highest BCUT2D eigenvalue weighted by molar-refractivity contribution is 7.93. The predicted molar refractivity (Wildman–Crippen MR) is 95.2 cm³/mol. The average molecular weight is 389 g/mol. The third kappa shape index (κ3) is 4.85. The zero-order chi connectivity index (χ0) is 17.6. The van der Waals surface area contributed by atoms with E-state index >= 15 is 0 Å². The first-order valence-corrected chi connectivity index (χ1v) is 11.6. The Morgan fingerprint density at radius 3 is 2.58 bits per heavy atom. The predicted octanol–water partition coefficient (Wildman–Crippen LogP) is 2.38. The van der Waals surface area contributed by atoms with Gasteiger partial charge in [-0.1, -0.05) is 25.5 Å². The molecule has 24 heavy (non-hydrogen) atoms. The van der Waals surface area contributed by atoms with E-state index in [9.17, 15) is 16.8 Å². The summed E-state index contributed by atoms with van der Waals surface area (Å²) in [6, 6.07) is 6.46. The van der Waals surface area contributed by atoms with E-state index in [1.165, 1.54) is 12.3 Å². The van der Waals surface area contributed by atoms with Gasteiger partial charge in [0.25, 0.3) is 0 Å². The molecule has 0 radical (unpaired) electrons. The van der Waals surface area contributed by atoms with Gasteiger partial charge in [0, 0.05) is 18.9 Å². The lowest BCUT2D eigenvalue weighted by molar-refractivity contribution is 0.567. The summed E-state index contributed by atoms with van der Waals surface area (Å²) in [6.07, 6.45) is 4.28. The van der Waals surface area contributed by atoms with Gasteiger partial charge in [0.1, 0.15) is 9.46 Å². The third-order valence-corrected chi connectivity index (χ3v) is 8.43. The molecule has 2 aromatic rings. The van der Waals surface area contributed by atoms with Crippen molar-refractivity contribution in [2.45, 2.75) is 29.2 Å². The van der Waals surface area contributed by atoms with Gasteiger partial charge in [0.05, 0.1) is 5.75 Å². The number of unbranched alkanes of at least 4 members (excludes halogenated alkanes) is 1. The fourth-order valence-corrected chi connectivity index (χ4v) is 6.34. The maximum absolute atomic E-state index is 12.9. The molecule has 132 valence electrons. The van der Waals surface area contributed by atoms with E-state index in [1.807, 2.05) is 6.92 Å². The van der Waals surface area contributed by atoms with Gasteiger partial charge in [-0.15, -0.1) is 11.3 Å². The van der Waals surface area contributed by atoms with E-state index in [-0.39, 0.29) is 16.5 Å². The molecule has 0 aromatic carbocycles. The third-order valence-electron chi connectivity index (χ3n) is 3.46. The first-order chi connectivity index (χ1) is 11.4. The number of hydrogen-bond acceptors (Lipinski definition) is 6. The van der Waals surface area contributed by atoms with E-state index in [0.29, 0.717) is 12.0 Å². The molecule has 0 aliphatic heterocycles. The van der Waals surface area contributed by atoms with Gasteiger partial charge < -0.3 is 0 Å². The van der Waals surface area contributed by atoms with Gasteiger partial charge in [-0.05, 0) is 29.5 Å². The van der Waals surface area contributed by atoms with Gasteiger partial charge >= 0.3 is 0 Å². The molecule has 2 rings (SSSR count). The molecule has 2 heterocycles. The van der Waals surface area contributed by atoms with Crippen molar-refractivity contribution in [2.75, 3.05) is 12.3 Å². The molecular formula is C15H20N2O4S3. The van der Waals surface area contributed by atoms with E-state index in [0.717, 1.165) is 17.8 Å². The van der Waals surface area contributed by atoms with Crippen LogP contribution in [0.2, 0.25) is 0 Å². The first-order valence-electron chi connectivity index (χ1n) is 7.51. The molecule has 0 bridgehead atoms. The Hall–Kier alpha value is -1.29. The van der Waals surface area contributed by atoms with E-state index in [2.05, 4.69) is 9.71 Å². The summed E-state index contributed by atoms with van der Waals surface area (Å²) in [5.41, 5.74) is 0.462. The molecule has 0 amide bonds. The Labute approximate surface area is 146 Å². The summed E-state index contributed by atoms with van der Waals surface area (Å²) in [6.45, 7) is 1.69. The quantitative estimate of drug-likeness (QED) is 0.712. The van der Waals surface area contributed by atoms with Crippen LogP contribution in [0, 0.1) is 0 Å². The van der Waals surface area contributed by atoms with Crippen LogP contribution in [0.1, 0.15) is 30.6 Å². The Morgan fingerprint density at radius 2 is 2.00 bits per heavy atom. The molecule has 0 saturated carbocycles. The fraction of sp³-hybridized carbons (Fsp3) is 0.400. The maximum atomic E-state index is 12.9. The molecule has 6 nitrogen and oxygen atoms in total. The zero-order valence-electron chi connectivity index (χ0n) is 13.3. The molecule has 0 spiro atoms. The number of sulfone groups is 1. The van der Waals surface area contributed by atoms with Crippen LogP contribution in [-0.2, 0) is 19.9 Å². The minimum absolute atomic E-state index is 0.0116. The highest BCUT2D eigenvalue weighted by Gasteiger charge is 2.31. The van der Waals surface area contributed by atoms with Crippen LogP contribution in [-0.4, -0.2) is 34.1 Å². The largest absolute Gasteiger partial charge is 0.264 e. The van der Waals surface area contributed by atoms with Crippen LogP contribution in [0.5, 0.6) is 0 Å². The number of rotatable bonds is 9. The van der Waals surface area contributed by atoms with Crippen LogP contribution in [0.4, 0.5) is 0 Å². The number of nitrogens with one attached hydrogen (secondary N) is 1. The molecule has 1 atom stereocenters. The summed E-state index contributed by atoms with van der Waals surface area (Å²) in [5, 5.41) is 0.666. The Balaban J connectivity index is 2.29. The minimum atomic E-state index is -3.70. The highest BCUT2D eigenvalue weighted by Crippen LogP contribution is 2.30. The number of pyridine rings is 1. The standard InChI is InChI=1S/C15H20N2O4S3/c1-2-3-10-23(18,19)17-12-14(13-6-4-8-16-11-13)24(20,21)15-7-5-9-22-15/h4-9,11,14,17H,2-3,10,12H2,1H3. The van der Waals surface area contributed by atoms with Gasteiger partial charge in [-0.2, -0.15) is 0 Å². The second-order valence-corrected chi connectivity index (χ2v) is 10.5. The summed E-state index contributed by atoms with van der Waals surface area (Å²) in [7, 11) is -7.21. The SMILES string of the molecule is CCCCS(=O)(=O)NCC(c1cccnc1)S(=O)(=O)c1cccs1. The van der Waals surface area contributed by atoms with E-state index in [4.69, 9.17) is 0 Å². The Morgan fingerprint density at radius 1 is 1.21 bits per heavy atom. The summed E-state index contributed by atoms with van der Waals surface area (Å²) < 4.78 is 52.4. The fourth-order valence-electron chi connectivity index (χ4n) is 2.15. The molecule has 0 fully saturated rings. The smallest absolute Gasteiger partial charge is 0.211 e. The normalized spacial score (nSPS) is 13.7. The zero-order valence-corrected chi connectivity index (χ0v) is 15.7. The minimum Gasteiger partial charge on any atom is -0.264 e. The van der Waals surface area contributed by atoms with Crippen molar-refractivity contribution < 1.29 is 16.8 Å². The molecule has 2 aromatic heterocycles. The summed E-state index contributed by atoms with van der Waals surface area (Å²) in [5.74, 6) is -0.0116. The lowest BCUT2D eigenvalue weighted by Gasteiger charge is -2.17. The molecule has 0 saturated heterocycles. The molecule has 9 heteroatoms. The van der Waals surface area contributed by atoms with Crippen molar-refractivity contribution in [1.82, 2.24) is 9.71 Å². The summed E-state index contributed by atoms with van der Waals surface area (Å²) >= 11 is 1.11. The Kier molecular flexibility index (Phi) is 6.50. The van der Waals surface area contributed by atoms with Crippen LogP contribution < -0.4 is 4.72 Å². The summed E-state index contributed by atoms with van der Waals surface area (Å²) in [4.78, 5) is 3.96. The van der Waals surface area contributed by atoms with Crippen molar-refractivity contribution in [3.05, 3.63) is 47.6 Å². The number of hydrogen-bond donors (Lipinski definition) is 1. The van der Waals surface area contributed by atoms with Crippen molar-refractivity contribution in [1.29, 1.82) is 0 Å². The monoisotopic (exact) mass is 388 g/mol. The van der Waals surface area contributed by atoms with Crippen molar-refractivity contribution in [3.63, 3.8) is 0 Å². The van der Waals surface area contributed by atoms with Gasteiger partial charge in [0.15, 0.2) is 9.84 Å². The van der Waals surface area contributed by atoms with Crippen LogP contribution in [0.25, 0.3) is 0 Å². The topological polar surface area (TPSA) is 93.2 Å². The van der Waals surface area contributed by atoms with Crippen molar-refractivity contribution >= 4 is 31.2 Å². The van der Waals surface area contributed by atoms with Gasteiger partial charge in [-0.25, -0.2) is 21.6 Å². The number of thiophene rings is 1. The van der Waals surface area contributed by atoms with E-state index < -0.39 is 25.1 Å².